The molecule has 2 rings (SSSR count). The molecule has 0 fully saturated rings. The predicted molar refractivity (Wildman–Crippen MR) is 66.0 cm³/mol. The largest absolute Gasteiger partial charge is 0.507 e. The quantitative estimate of drug-likeness (QED) is 0.643. The Bertz CT molecular complexity index is 521. The molecule has 0 aliphatic rings. The second kappa shape index (κ2) is 6.36. The van der Waals surface area contributed by atoms with E-state index in [-0.39, 0.29) is 11.3 Å². The summed E-state index contributed by atoms with van der Waals surface area (Å²) < 4.78 is 0. The number of benzene rings is 1. The van der Waals surface area contributed by atoms with Gasteiger partial charge in [0.05, 0.1) is 11.0 Å². The van der Waals surface area contributed by atoms with Crippen molar-refractivity contribution >= 4 is 23.0 Å². The zero-order chi connectivity index (χ0) is 13.5. The van der Waals surface area contributed by atoms with Crippen LogP contribution in [0.5, 0.6) is 5.75 Å². The number of phenols is 1. The van der Waals surface area contributed by atoms with Crippen molar-refractivity contribution in [3.8, 4) is 5.75 Å². The number of thiophene rings is 1. The van der Waals surface area contributed by atoms with Crippen LogP contribution >= 0.6 is 11.3 Å². The standard InChI is InChI=1S/C7H5NO5.C4H4S/c9-6-3-4(8(12)13)1-2-5(6)7(10)11;1-2-4-5-3-1/h1-3,9H,(H,10,11);1-4H. The molecule has 94 valence electrons. The highest BCUT2D eigenvalue weighted by Crippen LogP contribution is 2.22. The minimum Gasteiger partial charge on any atom is -0.507 e. The number of carboxylic acids is 1. The van der Waals surface area contributed by atoms with Crippen molar-refractivity contribution in [3.05, 3.63) is 56.8 Å². The van der Waals surface area contributed by atoms with Crippen LogP contribution < -0.4 is 0 Å². The normalized spacial score (nSPS) is 9.11. The molecule has 0 amide bonds. The fraction of sp³-hybridized carbons (Fsp3) is 0. The number of nitrogens with zero attached hydrogens (tertiary/aromatic N) is 1. The van der Waals surface area contributed by atoms with Gasteiger partial charge < -0.3 is 10.2 Å². The Morgan fingerprint density at radius 3 is 2.22 bits per heavy atom. The summed E-state index contributed by atoms with van der Waals surface area (Å²) in [7, 11) is 0. The van der Waals surface area contributed by atoms with Crippen molar-refractivity contribution < 1.29 is 19.9 Å². The Balaban J connectivity index is 0.000000269. The molecule has 0 unspecified atom stereocenters. The third kappa shape index (κ3) is 3.87. The lowest BCUT2D eigenvalue weighted by Gasteiger charge is -1.97. The van der Waals surface area contributed by atoms with E-state index >= 15 is 0 Å². The first-order valence-corrected chi connectivity index (χ1v) is 5.64. The van der Waals surface area contributed by atoms with Crippen molar-refractivity contribution in [1.29, 1.82) is 0 Å². The second-order valence-corrected chi connectivity index (χ2v) is 3.87. The van der Waals surface area contributed by atoms with E-state index in [1.165, 1.54) is 0 Å². The molecule has 1 heterocycles. The van der Waals surface area contributed by atoms with Crippen LogP contribution in [0.3, 0.4) is 0 Å². The first-order chi connectivity index (χ1) is 8.52. The van der Waals surface area contributed by atoms with Crippen molar-refractivity contribution in [2.45, 2.75) is 0 Å². The van der Waals surface area contributed by atoms with Crippen LogP contribution in [-0.2, 0) is 0 Å². The monoisotopic (exact) mass is 267 g/mol. The summed E-state index contributed by atoms with van der Waals surface area (Å²) in [6, 6.07) is 6.83. The van der Waals surface area contributed by atoms with Gasteiger partial charge in [-0.2, -0.15) is 11.3 Å². The van der Waals surface area contributed by atoms with E-state index in [1.807, 2.05) is 22.9 Å². The number of aromatic hydroxyl groups is 1. The number of carbonyl (C=O) groups is 1. The summed E-state index contributed by atoms with van der Waals surface area (Å²) >= 11 is 1.71. The number of hydrogen-bond acceptors (Lipinski definition) is 5. The van der Waals surface area contributed by atoms with Gasteiger partial charge in [0, 0.05) is 6.07 Å². The molecule has 0 spiro atoms. The molecular formula is C11H9NO5S. The number of nitro benzene ring substituents is 1. The van der Waals surface area contributed by atoms with Gasteiger partial charge >= 0.3 is 5.97 Å². The number of nitro groups is 1. The summed E-state index contributed by atoms with van der Waals surface area (Å²) in [6.07, 6.45) is 0. The first-order valence-electron chi connectivity index (χ1n) is 4.70. The maximum Gasteiger partial charge on any atom is 0.339 e. The van der Waals surface area contributed by atoms with E-state index in [0.717, 1.165) is 18.2 Å². The van der Waals surface area contributed by atoms with Gasteiger partial charge in [0.2, 0.25) is 0 Å². The minimum absolute atomic E-state index is 0.345. The topological polar surface area (TPSA) is 101 Å². The molecular weight excluding hydrogens is 258 g/mol. The molecule has 2 aromatic rings. The Hall–Kier alpha value is -2.41. The average Bonchev–Trinajstić information content (AvgIpc) is 2.86. The molecule has 0 saturated heterocycles. The lowest BCUT2D eigenvalue weighted by Crippen LogP contribution is -1.97. The number of non-ortho nitro benzene ring substituents is 1. The van der Waals surface area contributed by atoms with E-state index in [1.54, 1.807) is 11.3 Å². The van der Waals surface area contributed by atoms with Gasteiger partial charge in [-0.15, -0.1) is 0 Å². The molecule has 1 aromatic carbocycles. The van der Waals surface area contributed by atoms with Crippen LogP contribution in [0, 0.1) is 10.1 Å². The minimum atomic E-state index is -1.33. The van der Waals surface area contributed by atoms with Crippen LogP contribution in [0.4, 0.5) is 5.69 Å². The average molecular weight is 267 g/mol. The lowest BCUT2D eigenvalue weighted by molar-refractivity contribution is -0.384. The molecule has 18 heavy (non-hydrogen) atoms. The first kappa shape index (κ1) is 13.7. The molecule has 0 aliphatic carbocycles. The molecule has 0 saturated carbocycles. The van der Waals surface area contributed by atoms with Gasteiger partial charge in [-0.3, -0.25) is 10.1 Å². The summed E-state index contributed by atoms with van der Waals surface area (Å²) in [6.45, 7) is 0. The Morgan fingerprint density at radius 1 is 1.28 bits per heavy atom. The van der Waals surface area contributed by atoms with E-state index in [4.69, 9.17) is 10.2 Å². The van der Waals surface area contributed by atoms with Gasteiger partial charge in [0.25, 0.3) is 5.69 Å². The van der Waals surface area contributed by atoms with Crippen molar-refractivity contribution in [2.24, 2.45) is 0 Å². The summed E-state index contributed by atoms with van der Waals surface area (Å²) in [5.74, 6) is -1.94. The van der Waals surface area contributed by atoms with Crippen LogP contribution in [-0.4, -0.2) is 21.1 Å². The summed E-state index contributed by atoms with van der Waals surface area (Å²) in [5, 5.41) is 31.8. The van der Waals surface area contributed by atoms with Gasteiger partial charge in [-0.25, -0.2) is 4.79 Å². The molecule has 0 bridgehead atoms. The van der Waals surface area contributed by atoms with E-state index in [9.17, 15) is 14.9 Å². The van der Waals surface area contributed by atoms with Crippen LogP contribution in [0.15, 0.2) is 41.1 Å². The molecule has 6 nitrogen and oxygen atoms in total. The third-order valence-electron chi connectivity index (χ3n) is 1.85. The fourth-order valence-corrected chi connectivity index (χ4v) is 1.49. The smallest absolute Gasteiger partial charge is 0.339 e. The van der Waals surface area contributed by atoms with E-state index in [0.29, 0.717) is 0 Å². The van der Waals surface area contributed by atoms with Crippen LogP contribution in [0.25, 0.3) is 0 Å². The fourth-order valence-electron chi connectivity index (χ4n) is 1.04. The highest BCUT2D eigenvalue weighted by molar-refractivity contribution is 7.07. The van der Waals surface area contributed by atoms with Gasteiger partial charge in [0.15, 0.2) is 0 Å². The van der Waals surface area contributed by atoms with E-state index < -0.39 is 16.6 Å². The molecule has 0 radical (unpaired) electrons. The van der Waals surface area contributed by atoms with Crippen molar-refractivity contribution in [3.63, 3.8) is 0 Å². The van der Waals surface area contributed by atoms with Crippen LogP contribution in [0.1, 0.15) is 10.4 Å². The zero-order valence-electron chi connectivity index (χ0n) is 9.02. The molecule has 2 N–H and O–H groups in total. The Labute approximate surface area is 106 Å². The third-order valence-corrected chi connectivity index (χ3v) is 2.48. The molecule has 1 aromatic heterocycles. The predicted octanol–water partition coefficient (Wildman–Crippen LogP) is 2.75. The maximum atomic E-state index is 10.4. The van der Waals surface area contributed by atoms with Gasteiger partial charge in [0.1, 0.15) is 11.3 Å². The van der Waals surface area contributed by atoms with Crippen molar-refractivity contribution in [2.75, 3.05) is 0 Å². The molecule has 0 atom stereocenters. The number of carboxylic acid groups (broad SMARTS) is 1. The maximum absolute atomic E-state index is 10.4. The van der Waals surface area contributed by atoms with Crippen LogP contribution in [0.2, 0.25) is 0 Å². The SMILES string of the molecule is O=C(O)c1ccc([N+](=O)[O-])cc1O.c1ccsc1. The highest BCUT2D eigenvalue weighted by Gasteiger charge is 2.13. The lowest BCUT2D eigenvalue weighted by atomic mass is 10.2. The highest BCUT2D eigenvalue weighted by atomic mass is 32.1. The molecule has 0 aliphatic heterocycles. The number of aromatic carboxylic acids is 1. The summed E-state index contributed by atoms with van der Waals surface area (Å²) in [5.41, 5.74) is -0.701. The molecule has 7 heteroatoms. The zero-order valence-corrected chi connectivity index (χ0v) is 9.83. The second-order valence-electron chi connectivity index (χ2n) is 3.06. The van der Waals surface area contributed by atoms with Crippen molar-refractivity contribution in [1.82, 2.24) is 0 Å². The number of hydrogen-bond donors (Lipinski definition) is 2. The Morgan fingerprint density at radius 2 is 1.89 bits per heavy atom. The Kier molecular flexibility index (Phi) is 4.82. The summed E-state index contributed by atoms with van der Waals surface area (Å²) in [4.78, 5) is 19.8. The number of rotatable bonds is 2. The van der Waals surface area contributed by atoms with E-state index in [2.05, 4.69) is 0 Å². The van der Waals surface area contributed by atoms with Gasteiger partial charge in [-0.1, -0.05) is 12.1 Å². The van der Waals surface area contributed by atoms with Gasteiger partial charge in [-0.05, 0) is 16.8 Å².